The van der Waals surface area contributed by atoms with Gasteiger partial charge in [0.25, 0.3) is 0 Å². The van der Waals surface area contributed by atoms with Gasteiger partial charge >= 0.3 is 5.97 Å². The summed E-state index contributed by atoms with van der Waals surface area (Å²) in [6.45, 7) is 4.55. The quantitative estimate of drug-likeness (QED) is 0.0831. The van der Waals surface area contributed by atoms with Crippen molar-refractivity contribution in [3.05, 3.63) is 23.3 Å². The second-order valence-corrected chi connectivity index (χ2v) is 20.2. The first-order valence-corrected chi connectivity index (χ1v) is 22.3. The molecule has 14 unspecified atom stereocenters. The third kappa shape index (κ3) is 5.02. The molecule has 0 radical (unpaired) electrons. The smallest absolute Gasteiger partial charge is 0.331 e. The molecule has 1 heterocycles. The van der Waals surface area contributed by atoms with Gasteiger partial charge in [-0.05, 0) is 130 Å². The summed E-state index contributed by atoms with van der Waals surface area (Å²) in [4.78, 5) is 27.3. The van der Waals surface area contributed by atoms with Crippen molar-refractivity contribution in [2.24, 2.45) is 64.1 Å². The Labute approximate surface area is 322 Å². The number of fused-ring (bicyclic) bond motifs is 8. The van der Waals surface area contributed by atoms with E-state index in [4.69, 9.17) is 4.74 Å². The Kier molecular flexibility index (Phi) is 9.66. The van der Waals surface area contributed by atoms with Gasteiger partial charge in [0.05, 0.1) is 22.7 Å². The van der Waals surface area contributed by atoms with Crippen LogP contribution in [0.3, 0.4) is 0 Å². The van der Waals surface area contributed by atoms with Crippen LogP contribution in [0.1, 0.15) is 122 Å². The molecule has 0 aromatic carbocycles. The number of carbonyl (C=O) groups is 2. The molecule has 0 aromatic rings. The van der Waals surface area contributed by atoms with Crippen molar-refractivity contribution in [2.45, 2.75) is 152 Å². The van der Waals surface area contributed by atoms with E-state index in [1.165, 1.54) is 25.7 Å². The average Bonchev–Trinajstić information content (AvgIpc) is 3.88. The lowest BCUT2D eigenvalue weighted by molar-refractivity contribution is -0.349. The molecule has 0 aromatic heterocycles. The van der Waals surface area contributed by atoms with Crippen LogP contribution in [0.25, 0.3) is 0 Å². The van der Waals surface area contributed by atoms with Gasteiger partial charge in [0, 0.05) is 43.0 Å². The van der Waals surface area contributed by atoms with Crippen LogP contribution in [0, 0.1) is 64.1 Å². The van der Waals surface area contributed by atoms with Gasteiger partial charge in [-0.1, -0.05) is 57.9 Å². The highest BCUT2D eigenvalue weighted by Crippen LogP contribution is 2.78. The third-order valence-electron chi connectivity index (χ3n) is 18.5. The molecule has 0 saturated heterocycles. The summed E-state index contributed by atoms with van der Waals surface area (Å²) in [5.41, 5.74) is -4.55. The molecule has 9 aliphatic rings. The lowest BCUT2D eigenvalue weighted by Gasteiger charge is -2.72. The predicted octanol–water partition coefficient (Wildman–Crippen LogP) is 5.00. The molecule has 0 bridgehead atoms. The first-order chi connectivity index (χ1) is 26.0. The van der Waals surface area contributed by atoms with Crippen LogP contribution in [0.15, 0.2) is 23.3 Å². The number of aliphatic hydroxyl groups excluding tert-OH is 1. The van der Waals surface area contributed by atoms with Crippen molar-refractivity contribution in [1.29, 1.82) is 0 Å². The van der Waals surface area contributed by atoms with E-state index in [0.717, 1.165) is 69.0 Å². The van der Waals surface area contributed by atoms with Crippen LogP contribution in [-0.2, 0) is 14.3 Å². The van der Waals surface area contributed by atoms with Crippen LogP contribution < -0.4 is 10.6 Å². The largest absolute Gasteiger partial charge is 0.450 e. The van der Waals surface area contributed by atoms with E-state index >= 15 is 0 Å². The predicted molar refractivity (Wildman–Crippen MR) is 205 cm³/mol. The van der Waals surface area contributed by atoms with E-state index in [2.05, 4.69) is 23.6 Å². The minimum Gasteiger partial charge on any atom is -0.450 e. The number of carbonyl (C=O) groups excluding carboxylic acids is 2. The number of esters is 1. The number of rotatable bonds is 9. The zero-order valence-corrected chi connectivity index (χ0v) is 32.9. The van der Waals surface area contributed by atoms with Crippen molar-refractivity contribution < 1.29 is 34.8 Å². The van der Waals surface area contributed by atoms with E-state index in [0.29, 0.717) is 69.2 Å². The molecular formula is C45H68N2O7. The Balaban J connectivity index is 1.18. The molecule has 54 heavy (non-hydrogen) atoms. The molecule has 9 nitrogen and oxygen atoms in total. The first-order valence-electron chi connectivity index (χ1n) is 22.3. The van der Waals surface area contributed by atoms with Crippen molar-refractivity contribution in [1.82, 2.24) is 10.6 Å². The zero-order valence-electron chi connectivity index (χ0n) is 32.9. The molecule has 9 rings (SSSR count). The second-order valence-electron chi connectivity index (χ2n) is 20.2. The number of likely N-dealkylation sites (N-methyl/N-ethyl adjacent to an activating group) is 1. The van der Waals surface area contributed by atoms with Crippen molar-refractivity contribution in [3.8, 4) is 0 Å². The highest BCUT2D eigenvalue weighted by molar-refractivity contribution is 5.87. The fourth-order valence-electron chi connectivity index (χ4n) is 16.4. The van der Waals surface area contributed by atoms with E-state index in [1.807, 2.05) is 7.05 Å². The minimum absolute atomic E-state index is 0.0870. The Morgan fingerprint density at radius 2 is 1.67 bits per heavy atom. The standard InChI is InChI=1S/C45H68N2O7/c1-27(28-8-6-7-9-28)29-12-13-35-36(49)14-16-41(26-48)37-15-17-42(32-10-4-3-5-11-32)39-30(23-44(42,52)43(37,51)24-33(21-29)45(35,41)53)20-31(25-47-19-18-46-2)40-34(39)22-38(50)54-40/h20,22,26-30,32-33,35-37,39-40,46-47,49,51-53H,3-19,21,23-25H2,1-2H3. The Bertz CT molecular complexity index is 1540. The van der Waals surface area contributed by atoms with Crippen LogP contribution in [0.4, 0.5) is 0 Å². The van der Waals surface area contributed by atoms with Crippen molar-refractivity contribution >= 4 is 12.3 Å². The maximum Gasteiger partial charge on any atom is 0.331 e. The summed E-state index contributed by atoms with van der Waals surface area (Å²) in [6, 6.07) is 0. The number of aliphatic hydroxyl groups is 4. The van der Waals surface area contributed by atoms with Gasteiger partial charge in [0.2, 0.25) is 0 Å². The molecular weight excluding hydrogens is 681 g/mol. The number of hydrogen-bond donors (Lipinski definition) is 6. The van der Waals surface area contributed by atoms with Crippen LogP contribution in [0.2, 0.25) is 0 Å². The average molecular weight is 749 g/mol. The Morgan fingerprint density at radius 1 is 0.907 bits per heavy atom. The Hall–Kier alpha value is -1.62. The fraction of sp³-hybridized carbons (Fsp3) is 0.867. The third-order valence-corrected chi connectivity index (χ3v) is 18.5. The Morgan fingerprint density at radius 3 is 2.41 bits per heavy atom. The number of allylic oxidation sites excluding steroid dienone is 1. The molecule has 14 atom stereocenters. The zero-order chi connectivity index (χ0) is 37.7. The molecule has 8 aliphatic carbocycles. The number of ether oxygens (including phenoxy) is 1. The van der Waals surface area contributed by atoms with E-state index < -0.39 is 57.6 Å². The summed E-state index contributed by atoms with van der Waals surface area (Å²) in [7, 11) is 1.93. The van der Waals surface area contributed by atoms with Gasteiger partial charge in [0.15, 0.2) is 0 Å². The summed E-state index contributed by atoms with van der Waals surface area (Å²) >= 11 is 0. The lowest BCUT2D eigenvalue weighted by atomic mass is 9.35. The normalized spacial score (nSPS) is 49.3. The molecule has 7 fully saturated rings. The van der Waals surface area contributed by atoms with Gasteiger partial charge in [-0.2, -0.15) is 0 Å². The minimum atomic E-state index is -1.62. The van der Waals surface area contributed by atoms with E-state index in [9.17, 15) is 30.0 Å². The number of hydrogen-bond acceptors (Lipinski definition) is 9. The first kappa shape index (κ1) is 37.9. The number of aldehydes is 1. The second kappa shape index (κ2) is 13.8. The van der Waals surface area contributed by atoms with Crippen LogP contribution in [0.5, 0.6) is 0 Å². The van der Waals surface area contributed by atoms with Crippen LogP contribution >= 0.6 is 0 Å². The molecule has 300 valence electrons. The highest BCUT2D eigenvalue weighted by Gasteiger charge is 2.83. The van der Waals surface area contributed by atoms with Gasteiger partial charge < -0.3 is 40.6 Å². The summed E-state index contributed by atoms with van der Waals surface area (Å²) in [5, 5.41) is 60.1. The summed E-state index contributed by atoms with van der Waals surface area (Å²) in [5.74, 6) is -0.428. The number of nitrogens with one attached hydrogen (secondary N) is 2. The highest BCUT2D eigenvalue weighted by atomic mass is 16.5. The molecule has 9 heteroatoms. The van der Waals surface area contributed by atoms with Gasteiger partial charge in [-0.25, -0.2) is 4.79 Å². The topological polar surface area (TPSA) is 148 Å². The van der Waals surface area contributed by atoms with Crippen LogP contribution in [-0.4, -0.2) is 88.4 Å². The van der Waals surface area contributed by atoms with Crippen molar-refractivity contribution in [2.75, 3.05) is 26.7 Å². The maximum absolute atomic E-state index is 14.2. The molecule has 7 saturated carbocycles. The summed E-state index contributed by atoms with van der Waals surface area (Å²) in [6.07, 6.45) is 19.0. The van der Waals surface area contributed by atoms with Gasteiger partial charge in [0.1, 0.15) is 18.0 Å². The van der Waals surface area contributed by atoms with E-state index in [1.54, 1.807) is 6.08 Å². The monoisotopic (exact) mass is 749 g/mol. The van der Waals surface area contributed by atoms with Gasteiger partial charge in [-0.3, -0.25) is 0 Å². The van der Waals surface area contributed by atoms with Crippen molar-refractivity contribution in [3.63, 3.8) is 0 Å². The summed E-state index contributed by atoms with van der Waals surface area (Å²) < 4.78 is 6.09. The van der Waals surface area contributed by atoms with E-state index in [-0.39, 0.29) is 30.1 Å². The lowest BCUT2D eigenvalue weighted by Crippen LogP contribution is -2.81. The fourth-order valence-corrected chi connectivity index (χ4v) is 16.4. The SMILES string of the molecule is CNCCNCC1=CC2CC3(O)C4(O)CC5CC(C(C)C6CCCC6)CCC6C(O)CCC(C=O)(C4CCC3(C3CCCCC3)C2C2=CC(=O)OC12)C56O. The maximum atomic E-state index is 14.2. The molecule has 1 aliphatic heterocycles. The van der Waals surface area contributed by atoms with Gasteiger partial charge in [-0.15, -0.1) is 0 Å². The molecule has 6 N–H and O–H groups in total. The molecule has 0 amide bonds. The molecule has 0 spiro atoms.